The van der Waals surface area contributed by atoms with Gasteiger partial charge in [0.25, 0.3) is 0 Å². The van der Waals surface area contributed by atoms with Crippen molar-refractivity contribution in [2.24, 2.45) is 7.05 Å². The molecule has 0 aliphatic heterocycles. The predicted octanol–water partition coefficient (Wildman–Crippen LogP) is 6.22. The van der Waals surface area contributed by atoms with Gasteiger partial charge in [0.2, 0.25) is 0 Å². The summed E-state index contributed by atoms with van der Waals surface area (Å²) in [5.41, 5.74) is 6.31. The van der Waals surface area contributed by atoms with E-state index in [0.29, 0.717) is 0 Å². The minimum absolute atomic E-state index is 1.22. The number of fused-ring (bicyclic) bond motifs is 5. The molecule has 1 aromatic heterocycles. The first-order valence-corrected chi connectivity index (χ1v) is 9.31. The van der Waals surface area contributed by atoms with E-state index in [1.165, 1.54) is 49.4 Å². The molecule has 0 fully saturated rings. The summed E-state index contributed by atoms with van der Waals surface area (Å²) in [5, 5.41) is 5.22. The molecule has 0 atom stereocenters. The Morgan fingerprint density at radius 2 is 1.48 bits per heavy atom. The molecule has 132 valence electrons. The Bertz CT molecular complexity index is 1310. The average Bonchev–Trinajstić information content (AvgIpc) is 3.00. The molecule has 1 heterocycles. The van der Waals surface area contributed by atoms with Crippen LogP contribution in [0.25, 0.3) is 43.7 Å². The molecular weight excluding hydrogens is 328 g/mol. The number of nitrogens with zero attached hydrogens (tertiary/aromatic N) is 2. The van der Waals surface area contributed by atoms with Crippen molar-refractivity contribution in [3.8, 4) is 11.1 Å². The molecule has 0 aliphatic rings. The number of rotatable bonds is 2. The van der Waals surface area contributed by atoms with Crippen LogP contribution in [0, 0.1) is 0 Å². The van der Waals surface area contributed by atoms with Crippen LogP contribution in [-0.2, 0) is 7.05 Å². The summed E-state index contributed by atoms with van der Waals surface area (Å²) < 4.78 is 2.33. The van der Waals surface area contributed by atoms with E-state index in [1.807, 2.05) is 0 Å². The minimum Gasteiger partial charge on any atom is -0.378 e. The molecule has 0 N–H and O–H groups in total. The summed E-state index contributed by atoms with van der Waals surface area (Å²) in [5.74, 6) is 0. The van der Waals surface area contributed by atoms with E-state index < -0.39 is 0 Å². The van der Waals surface area contributed by atoms with E-state index in [0.717, 1.165) is 0 Å². The lowest BCUT2D eigenvalue weighted by molar-refractivity contribution is 1.02. The molecule has 2 nitrogen and oxygen atoms in total. The van der Waals surface area contributed by atoms with Gasteiger partial charge < -0.3 is 9.47 Å². The number of hydrogen-bond donors (Lipinski definition) is 0. The number of hydrogen-bond acceptors (Lipinski definition) is 1. The van der Waals surface area contributed by atoms with E-state index in [1.54, 1.807) is 0 Å². The predicted molar refractivity (Wildman–Crippen MR) is 118 cm³/mol. The number of aromatic nitrogens is 1. The molecule has 0 bridgehead atoms. The Morgan fingerprint density at radius 1 is 0.667 bits per heavy atom. The first kappa shape index (κ1) is 16.0. The minimum atomic E-state index is 1.22. The second-order valence-corrected chi connectivity index (χ2v) is 7.42. The zero-order chi connectivity index (χ0) is 18.5. The van der Waals surface area contributed by atoms with Gasteiger partial charge in [0.15, 0.2) is 0 Å². The second-order valence-electron chi connectivity index (χ2n) is 7.42. The average molecular weight is 350 g/mol. The summed E-state index contributed by atoms with van der Waals surface area (Å²) in [6.07, 6.45) is 0. The van der Waals surface area contributed by atoms with E-state index in [-0.39, 0.29) is 0 Å². The Labute approximate surface area is 159 Å². The fraction of sp³-hybridized carbons (Fsp3) is 0.120. The molecule has 4 aromatic carbocycles. The summed E-state index contributed by atoms with van der Waals surface area (Å²) >= 11 is 0. The van der Waals surface area contributed by atoms with Crippen LogP contribution in [0.4, 0.5) is 5.69 Å². The van der Waals surface area contributed by atoms with Gasteiger partial charge in [0.1, 0.15) is 0 Å². The fourth-order valence-corrected chi connectivity index (χ4v) is 4.14. The molecule has 0 amide bonds. The van der Waals surface area contributed by atoms with Gasteiger partial charge in [-0.05, 0) is 40.8 Å². The van der Waals surface area contributed by atoms with Gasteiger partial charge in [-0.1, -0.05) is 54.6 Å². The number of anilines is 1. The van der Waals surface area contributed by atoms with Crippen molar-refractivity contribution in [3.05, 3.63) is 78.9 Å². The standard InChI is InChI=1S/C25H22N2/c1-26(2)20-9-6-8-18(15-20)19-12-14-24-23(16-19)22-13-11-17-7-4-5-10-21(17)25(22)27(24)3/h4-16H,1-3H3. The molecule has 0 spiro atoms. The molecular formula is C25H22N2. The lowest BCUT2D eigenvalue weighted by atomic mass is 10.0. The maximum Gasteiger partial charge on any atom is 0.0568 e. The van der Waals surface area contributed by atoms with Crippen LogP contribution in [0.15, 0.2) is 78.9 Å². The van der Waals surface area contributed by atoms with E-state index in [9.17, 15) is 0 Å². The fourth-order valence-electron chi connectivity index (χ4n) is 4.14. The monoisotopic (exact) mass is 350 g/mol. The quantitative estimate of drug-likeness (QED) is 0.367. The van der Waals surface area contributed by atoms with Crippen LogP contribution in [0.3, 0.4) is 0 Å². The highest BCUT2D eigenvalue weighted by Gasteiger charge is 2.12. The van der Waals surface area contributed by atoms with Gasteiger partial charge in [0, 0.05) is 48.5 Å². The van der Waals surface area contributed by atoms with Crippen molar-refractivity contribution in [2.45, 2.75) is 0 Å². The molecule has 27 heavy (non-hydrogen) atoms. The summed E-state index contributed by atoms with van der Waals surface area (Å²) in [7, 11) is 6.33. The van der Waals surface area contributed by atoms with E-state index >= 15 is 0 Å². The van der Waals surface area contributed by atoms with Crippen LogP contribution >= 0.6 is 0 Å². The molecule has 0 unspecified atom stereocenters. The maximum atomic E-state index is 2.33. The molecule has 2 heteroatoms. The summed E-state index contributed by atoms with van der Waals surface area (Å²) in [6.45, 7) is 0. The van der Waals surface area contributed by atoms with Gasteiger partial charge in [-0.2, -0.15) is 0 Å². The van der Waals surface area contributed by atoms with Crippen molar-refractivity contribution in [1.82, 2.24) is 4.57 Å². The van der Waals surface area contributed by atoms with E-state index in [4.69, 9.17) is 0 Å². The zero-order valence-corrected chi connectivity index (χ0v) is 15.9. The van der Waals surface area contributed by atoms with Crippen molar-refractivity contribution >= 4 is 38.3 Å². The largest absolute Gasteiger partial charge is 0.378 e. The van der Waals surface area contributed by atoms with Crippen LogP contribution in [0.5, 0.6) is 0 Å². The van der Waals surface area contributed by atoms with Crippen LogP contribution < -0.4 is 4.90 Å². The van der Waals surface area contributed by atoms with Gasteiger partial charge >= 0.3 is 0 Å². The molecule has 5 rings (SSSR count). The van der Waals surface area contributed by atoms with Crippen LogP contribution in [0.1, 0.15) is 0 Å². The van der Waals surface area contributed by atoms with Crippen molar-refractivity contribution in [1.29, 1.82) is 0 Å². The van der Waals surface area contributed by atoms with Gasteiger partial charge in [-0.3, -0.25) is 0 Å². The maximum absolute atomic E-state index is 2.33. The van der Waals surface area contributed by atoms with E-state index in [2.05, 4.69) is 109 Å². The number of benzene rings is 4. The third-order valence-corrected chi connectivity index (χ3v) is 5.58. The third kappa shape index (κ3) is 2.41. The van der Waals surface area contributed by atoms with Gasteiger partial charge in [-0.15, -0.1) is 0 Å². The van der Waals surface area contributed by atoms with Crippen molar-refractivity contribution < 1.29 is 0 Å². The first-order chi connectivity index (χ1) is 13.1. The summed E-state index contributed by atoms with van der Waals surface area (Å²) in [6, 6.07) is 28.7. The smallest absolute Gasteiger partial charge is 0.0568 e. The number of aryl methyl sites for hydroxylation is 1. The van der Waals surface area contributed by atoms with Gasteiger partial charge in [-0.25, -0.2) is 0 Å². The SMILES string of the molecule is CN(C)c1cccc(-c2ccc3c(c2)c2ccc4ccccc4c2n3C)c1. The normalized spacial score (nSPS) is 11.5. The van der Waals surface area contributed by atoms with Crippen LogP contribution in [-0.4, -0.2) is 18.7 Å². The first-order valence-electron chi connectivity index (χ1n) is 9.31. The summed E-state index contributed by atoms with van der Waals surface area (Å²) in [4.78, 5) is 2.14. The highest BCUT2D eigenvalue weighted by Crippen LogP contribution is 2.36. The second kappa shape index (κ2) is 5.88. The lowest BCUT2D eigenvalue weighted by Crippen LogP contribution is -2.08. The molecule has 0 radical (unpaired) electrons. The van der Waals surface area contributed by atoms with Gasteiger partial charge in [0.05, 0.1) is 5.52 Å². The molecule has 0 aliphatic carbocycles. The molecule has 0 saturated carbocycles. The highest BCUT2D eigenvalue weighted by atomic mass is 15.1. The Kier molecular flexibility index (Phi) is 3.48. The highest BCUT2D eigenvalue weighted by molar-refractivity contribution is 6.18. The molecule has 5 aromatic rings. The van der Waals surface area contributed by atoms with Crippen molar-refractivity contribution in [3.63, 3.8) is 0 Å². The topological polar surface area (TPSA) is 8.17 Å². The Balaban J connectivity index is 1.80. The Morgan fingerprint density at radius 3 is 2.33 bits per heavy atom. The molecule has 0 saturated heterocycles. The lowest BCUT2D eigenvalue weighted by Gasteiger charge is -2.13. The zero-order valence-electron chi connectivity index (χ0n) is 15.9. The Hall–Kier alpha value is -3.26. The third-order valence-electron chi connectivity index (χ3n) is 5.58. The van der Waals surface area contributed by atoms with Crippen molar-refractivity contribution in [2.75, 3.05) is 19.0 Å². The van der Waals surface area contributed by atoms with Crippen LogP contribution in [0.2, 0.25) is 0 Å².